The van der Waals surface area contributed by atoms with E-state index >= 15 is 0 Å². The highest BCUT2D eigenvalue weighted by atomic mass is 79.9. The van der Waals surface area contributed by atoms with E-state index in [-0.39, 0.29) is 23.6 Å². The molecule has 180 valence electrons. The maximum atomic E-state index is 13.0. The predicted octanol–water partition coefficient (Wildman–Crippen LogP) is 6.03. The highest BCUT2D eigenvalue weighted by molar-refractivity contribution is 9.10. The summed E-state index contributed by atoms with van der Waals surface area (Å²) < 4.78 is 11.5. The van der Waals surface area contributed by atoms with Gasteiger partial charge in [0.15, 0.2) is 5.58 Å². The quantitative estimate of drug-likeness (QED) is 0.427. The van der Waals surface area contributed by atoms with E-state index in [9.17, 15) is 9.59 Å². The summed E-state index contributed by atoms with van der Waals surface area (Å²) in [6.45, 7) is 7.73. The number of aromatic nitrogens is 2. The van der Waals surface area contributed by atoms with Crippen LogP contribution in [0.5, 0.6) is 0 Å². The third-order valence-corrected chi connectivity index (χ3v) is 6.38. The van der Waals surface area contributed by atoms with Gasteiger partial charge in [0.25, 0.3) is 5.91 Å². The van der Waals surface area contributed by atoms with Crippen LogP contribution in [0.4, 0.5) is 10.5 Å². The zero-order valence-electron chi connectivity index (χ0n) is 19.7. The Hall–Kier alpha value is -2.94. The third kappa shape index (κ3) is 5.75. The molecular weight excluding hydrogens is 500 g/mol. The number of fused-ring (bicyclic) bond motifs is 1. The van der Waals surface area contributed by atoms with Crippen LogP contribution in [0, 0.1) is 5.92 Å². The van der Waals surface area contributed by atoms with Crippen LogP contribution in [-0.4, -0.2) is 33.6 Å². The molecule has 34 heavy (non-hydrogen) atoms. The monoisotopic (exact) mass is 528 g/mol. The van der Waals surface area contributed by atoms with Gasteiger partial charge in [-0.1, -0.05) is 6.92 Å². The average molecular weight is 529 g/mol. The lowest BCUT2D eigenvalue weighted by molar-refractivity contribution is 0.0482. The number of carbonyl (C=O) groups excluding carboxylic acids is 2. The molecule has 4 rings (SSSR count). The summed E-state index contributed by atoms with van der Waals surface area (Å²) in [5.41, 5.74) is 2.58. The summed E-state index contributed by atoms with van der Waals surface area (Å²) in [6.07, 6.45) is 7.12. The second kappa shape index (κ2) is 9.74. The molecule has 0 aromatic carbocycles. The van der Waals surface area contributed by atoms with Crippen molar-refractivity contribution in [2.24, 2.45) is 5.92 Å². The molecule has 0 radical (unpaired) electrons. The predicted molar refractivity (Wildman–Crippen MR) is 133 cm³/mol. The number of ether oxygens (including phenoxy) is 1. The Morgan fingerprint density at radius 1 is 1.18 bits per heavy atom. The van der Waals surface area contributed by atoms with Gasteiger partial charge in [-0.2, -0.15) is 0 Å². The van der Waals surface area contributed by atoms with Gasteiger partial charge in [0.1, 0.15) is 23.1 Å². The number of alkyl carbamates (subject to hydrolysis) is 1. The van der Waals surface area contributed by atoms with E-state index in [0.29, 0.717) is 27.2 Å². The van der Waals surface area contributed by atoms with Gasteiger partial charge in [0.05, 0.1) is 16.4 Å². The average Bonchev–Trinajstić information content (AvgIpc) is 3.12. The first-order valence-corrected chi connectivity index (χ1v) is 12.2. The number of halogens is 1. The molecule has 0 saturated heterocycles. The van der Waals surface area contributed by atoms with Crippen LogP contribution in [0.1, 0.15) is 68.9 Å². The van der Waals surface area contributed by atoms with Gasteiger partial charge in [0, 0.05) is 12.2 Å². The summed E-state index contributed by atoms with van der Waals surface area (Å²) >= 11 is 3.39. The molecule has 1 aliphatic rings. The van der Waals surface area contributed by atoms with Crippen LogP contribution < -0.4 is 10.6 Å². The van der Waals surface area contributed by atoms with E-state index in [1.54, 1.807) is 30.8 Å². The summed E-state index contributed by atoms with van der Waals surface area (Å²) in [4.78, 5) is 34.0. The van der Waals surface area contributed by atoms with Crippen molar-refractivity contribution >= 4 is 44.7 Å². The lowest BCUT2D eigenvalue weighted by Gasteiger charge is -2.35. The lowest BCUT2D eigenvalue weighted by atomic mass is 9.76. The van der Waals surface area contributed by atoms with Crippen molar-refractivity contribution in [1.82, 2.24) is 15.3 Å². The molecule has 3 aromatic rings. The van der Waals surface area contributed by atoms with Gasteiger partial charge in [-0.25, -0.2) is 9.78 Å². The fourth-order valence-electron chi connectivity index (χ4n) is 4.51. The number of carbonyl (C=O) groups is 2. The fraction of sp³-hybridized carbons (Fsp3) is 0.440. The van der Waals surface area contributed by atoms with Crippen molar-refractivity contribution in [3.63, 3.8) is 0 Å². The Morgan fingerprint density at radius 3 is 2.74 bits per heavy atom. The highest BCUT2D eigenvalue weighted by Gasteiger charge is 2.31. The molecule has 3 heterocycles. The lowest BCUT2D eigenvalue weighted by Crippen LogP contribution is -2.42. The maximum Gasteiger partial charge on any atom is 0.407 e. The molecule has 3 atom stereocenters. The van der Waals surface area contributed by atoms with Crippen molar-refractivity contribution in [3.05, 3.63) is 52.6 Å². The van der Waals surface area contributed by atoms with Gasteiger partial charge < -0.3 is 19.8 Å². The first-order valence-electron chi connectivity index (χ1n) is 11.4. The fourth-order valence-corrected chi connectivity index (χ4v) is 4.89. The summed E-state index contributed by atoms with van der Waals surface area (Å²) in [5, 5.41) is 6.00. The number of nitrogens with zero attached hydrogens (tertiary/aromatic N) is 2. The number of rotatable bonds is 4. The van der Waals surface area contributed by atoms with Crippen molar-refractivity contribution in [3.8, 4) is 0 Å². The Bertz CT molecular complexity index is 1200. The molecule has 1 fully saturated rings. The Labute approximate surface area is 207 Å². The van der Waals surface area contributed by atoms with Crippen molar-refractivity contribution in [2.75, 3.05) is 5.32 Å². The number of furan rings is 1. The van der Waals surface area contributed by atoms with E-state index < -0.39 is 11.7 Å². The maximum absolute atomic E-state index is 13.0. The Kier molecular flexibility index (Phi) is 6.93. The van der Waals surface area contributed by atoms with Crippen LogP contribution >= 0.6 is 15.9 Å². The van der Waals surface area contributed by atoms with E-state index in [1.165, 1.54) is 0 Å². The van der Waals surface area contributed by atoms with Crippen LogP contribution in [0.15, 0.2) is 45.7 Å². The summed E-state index contributed by atoms with van der Waals surface area (Å²) in [7, 11) is 0. The van der Waals surface area contributed by atoms with Gasteiger partial charge in [-0.05, 0) is 91.6 Å². The number of hydrogen-bond acceptors (Lipinski definition) is 6. The van der Waals surface area contributed by atoms with Gasteiger partial charge in [-0.15, -0.1) is 0 Å². The normalized spacial score (nSPS) is 20.7. The minimum atomic E-state index is -0.546. The molecule has 1 saturated carbocycles. The molecule has 0 aliphatic heterocycles. The van der Waals surface area contributed by atoms with E-state index in [2.05, 4.69) is 43.5 Å². The topological polar surface area (TPSA) is 106 Å². The first kappa shape index (κ1) is 24.2. The summed E-state index contributed by atoms with van der Waals surface area (Å²) in [5.74, 6) is 0.231. The smallest absolute Gasteiger partial charge is 0.407 e. The molecular formula is C25H29BrN4O4. The number of nitrogens with one attached hydrogen (secondary N) is 2. The Morgan fingerprint density at radius 2 is 1.97 bits per heavy atom. The van der Waals surface area contributed by atoms with E-state index in [1.807, 2.05) is 26.8 Å². The van der Waals surface area contributed by atoms with Crippen molar-refractivity contribution in [2.45, 2.75) is 64.5 Å². The van der Waals surface area contributed by atoms with Crippen LogP contribution in [0.25, 0.3) is 11.1 Å². The SMILES string of the molecule is C[C@@H]1C[C@H](NC(=O)OC(C)(C)C)C[C@H](c2ccncc2NC(=O)c2ccc3occ(Br)c3n2)C1. The van der Waals surface area contributed by atoms with Crippen LogP contribution in [0.2, 0.25) is 0 Å². The number of anilines is 1. The molecule has 8 nitrogen and oxygen atoms in total. The zero-order chi connectivity index (χ0) is 24.5. The number of hydrogen-bond donors (Lipinski definition) is 2. The molecule has 0 spiro atoms. The second-order valence-electron chi connectivity index (χ2n) is 9.90. The molecule has 3 aromatic heterocycles. The van der Waals surface area contributed by atoms with Crippen LogP contribution in [-0.2, 0) is 4.74 Å². The largest absolute Gasteiger partial charge is 0.461 e. The first-order chi connectivity index (χ1) is 16.1. The van der Waals surface area contributed by atoms with Crippen LogP contribution in [0.3, 0.4) is 0 Å². The molecule has 0 unspecified atom stereocenters. The minimum absolute atomic E-state index is 0.0113. The Balaban J connectivity index is 1.51. The number of amides is 2. The molecule has 2 amide bonds. The van der Waals surface area contributed by atoms with Gasteiger partial charge in [0.2, 0.25) is 0 Å². The van der Waals surface area contributed by atoms with E-state index in [0.717, 1.165) is 24.8 Å². The zero-order valence-corrected chi connectivity index (χ0v) is 21.3. The second-order valence-corrected chi connectivity index (χ2v) is 10.8. The van der Waals surface area contributed by atoms with E-state index in [4.69, 9.17) is 9.15 Å². The standard InChI is InChI=1S/C25H29BrN4O4/c1-14-9-15(11-16(10-14)28-24(32)34-25(2,3)4)17-7-8-27-12-20(17)30-23(31)19-5-6-21-22(29-19)18(26)13-33-21/h5-8,12-16H,9-11H2,1-4H3,(H,28,32)(H,30,31)/t14-,15+,16-/m0/s1. The number of pyridine rings is 2. The molecule has 9 heteroatoms. The van der Waals surface area contributed by atoms with Gasteiger partial charge >= 0.3 is 6.09 Å². The minimum Gasteiger partial charge on any atom is -0.461 e. The molecule has 0 bridgehead atoms. The third-order valence-electron chi connectivity index (χ3n) is 5.81. The van der Waals surface area contributed by atoms with Crippen molar-refractivity contribution in [1.29, 1.82) is 0 Å². The van der Waals surface area contributed by atoms with Crippen molar-refractivity contribution < 1.29 is 18.7 Å². The highest BCUT2D eigenvalue weighted by Crippen LogP contribution is 2.39. The van der Waals surface area contributed by atoms with Gasteiger partial charge in [-0.3, -0.25) is 9.78 Å². The molecule has 1 aliphatic carbocycles. The summed E-state index contributed by atoms with van der Waals surface area (Å²) in [6, 6.07) is 5.28. The molecule has 2 N–H and O–H groups in total.